The lowest BCUT2D eigenvalue weighted by atomic mass is 10.3. The highest BCUT2D eigenvalue weighted by Crippen LogP contribution is 2.32. The number of benzene rings is 3. The summed E-state index contributed by atoms with van der Waals surface area (Å²) in [6.45, 7) is 14.7. The zero-order valence-corrected chi connectivity index (χ0v) is 60.0. The standard InChI is InChI=1S/4C11H11N2S.3C10H8N2S.3CH4/c1-8-12(2)11-9-5-3-4-6-13(9)7-10(11)14-8;1-8-12(2)7-11-13(8)9-5-3-4-6-10(9)14-11;1-8-12(2)10-7-9-5-3-4-6-13(9)11(10)14-8;1-8-7-13-9-5-3-4-6-10(9)14-11(13)12(8)2;1-7-11-8-6-12-5-3-2-4-9(12)10(8)13-7;1-7-10-12(6-11-7)8-4-2-3-5-9(8)13-10;1-7-11-10-9(13-7)6-8-4-2-3-5-12(8)10;;;/h4*3-7H,1-2H3;3*2-6H,1H3;3*1H4/q4*+1;;;;;;. The van der Waals surface area contributed by atoms with Gasteiger partial charge in [-0.1, -0.05) is 106 Å². The molecule has 0 fully saturated rings. The van der Waals surface area contributed by atoms with Gasteiger partial charge in [-0.3, -0.25) is 4.40 Å². The summed E-state index contributed by atoms with van der Waals surface area (Å²) in [6, 6.07) is 54.8. The van der Waals surface area contributed by atoms with E-state index in [9.17, 15) is 0 Å². The van der Waals surface area contributed by atoms with Crippen LogP contribution in [0.3, 0.4) is 0 Å². The second kappa shape index (κ2) is 28.2. The Hall–Kier alpha value is -9.45. The molecule has 3 aromatic carbocycles. The molecule has 21 rings (SSSR count). The van der Waals surface area contributed by atoms with E-state index in [1.807, 2.05) is 90.6 Å². The molecule has 0 amide bonds. The van der Waals surface area contributed by atoms with Crippen molar-refractivity contribution in [3.8, 4) is 0 Å². The molecule has 0 aliphatic rings. The van der Waals surface area contributed by atoms with E-state index in [0.717, 1.165) is 26.9 Å². The molecule has 0 spiro atoms. The third-order valence-corrected chi connectivity index (χ3v) is 24.9. The summed E-state index contributed by atoms with van der Waals surface area (Å²) in [7, 11) is 8.44. The first-order valence-corrected chi connectivity index (χ1v) is 36.7. The van der Waals surface area contributed by atoms with Gasteiger partial charge in [0.2, 0.25) is 25.9 Å². The number of aromatic nitrogens is 14. The van der Waals surface area contributed by atoms with Crippen LogP contribution in [0.5, 0.6) is 0 Å². The summed E-state index contributed by atoms with van der Waals surface area (Å²) in [4.78, 5) is 18.4. The molecule has 0 N–H and O–H groups in total. The van der Waals surface area contributed by atoms with Crippen LogP contribution in [0.25, 0.3) is 108 Å². The molecule has 496 valence electrons. The highest BCUT2D eigenvalue weighted by molar-refractivity contribution is 7.24. The van der Waals surface area contributed by atoms with Gasteiger partial charge in [0.15, 0.2) is 21.5 Å². The first-order valence-electron chi connectivity index (χ1n) is 31.0. The van der Waals surface area contributed by atoms with Crippen molar-refractivity contribution in [2.45, 2.75) is 70.7 Å². The van der Waals surface area contributed by atoms with E-state index in [2.05, 4.69) is 309 Å². The maximum Gasteiger partial charge on any atom is 0.346 e. The van der Waals surface area contributed by atoms with Crippen molar-refractivity contribution in [3.63, 3.8) is 0 Å². The molecular weight excluding hydrogens is 1350 g/mol. The fourth-order valence-corrected chi connectivity index (χ4v) is 19.4. The third kappa shape index (κ3) is 12.6. The minimum atomic E-state index is 0. The lowest BCUT2D eigenvalue weighted by Crippen LogP contribution is -2.28. The van der Waals surface area contributed by atoms with E-state index >= 15 is 0 Å². The fourth-order valence-electron chi connectivity index (χ4n) is 12.1. The third-order valence-electron chi connectivity index (χ3n) is 17.2. The molecule has 0 saturated carbocycles. The molecule has 0 aliphatic heterocycles. The SMILES string of the molecule is C.C.C.Cc1c[n+]2c3ccccc3sc2n1C.Cc1n2c(c[n+]1C)sc1ccccc12.Cc1nc2c(cc3ccccn32)s1.Cc1nc2cn3ccccc3c2s1.Cc1ncn2c1sc1ccccc12.Cc1sc2c(cc3ccccn32)[n+]1C.Cc1sc2cn3ccccc3c2[n+]1C. The largest absolute Gasteiger partial charge is 0.346 e. The van der Waals surface area contributed by atoms with Gasteiger partial charge < -0.3 is 17.6 Å². The van der Waals surface area contributed by atoms with Crippen LogP contribution in [0.4, 0.5) is 0 Å². The van der Waals surface area contributed by atoms with E-state index < -0.39 is 0 Å². The van der Waals surface area contributed by atoms with Crippen LogP contribution in [-0.4, -0.2) is 45.9 Å². The van der Waals surface area contributed by atoms with Crippen LogP contribution in [0, 0.1) is 48.5 Å². The molecule has 18 aromatic heterocycles. The van der Waals surface area contributed by atoms with Gasteiger partial charge in [0.1, 0.15) is 59.1 Å². The van der Waals surface area contributed by atoms with Crippen LogP contribution < -0.4 is 18.1 Å². The van der Waals surface area contributed by atoms with Gasteiger partial charge in [-0.05, 0) is 134 Å². The average Bonchev–Trinajstić information content (AvgIpc) is 1.73. The van der Waals surface area contributed by atoms with E-state index in [1.165, 1.54) is 119 Å². The smallest absolute Gasteiger partial charge is 0.320 e. The van der Waals surface area contributed by atoms with Gasteiger partial charge in [-0.2, -0.15) is 17.9 Å². The fraction of sp³-hybridized carbons (Fsp3) is 0.182. The molecule has 14 nitrogen and oxygen atoms in total. The number of pyridine rings is 4. The Kier molecular flexibility index (Phi) is 19.7. The first-order chi connectivity index (χ1) is 46.1. The number of fused-ring (bicyclic) bond motifs is 21. The molecular formula is C77H80N14S7+4. The molecule has 0 saturated heterocycles. The van der Waals surface area contributed by atoms with Gasteiger partial charge >= 0.3 is 4.96 Å². The molecule has 98 heavy (non-hydrogen) atoms. The van der Waals surface area contributed by atoms with Gasteiger partial charge in [0, 0.05) is 76.5 Å². The van der Waals surface area contributed by atoms with E-state index in [0.29, 0.717) is 0 Å². The van der Waals surface area contributed by atoms with Crippen LogP contribution in [0.1, 0.15) is 59.5 Å². The number of para-hydroxylation sites is 3. The zero-order valence-electron chi connectivity index (χ0n) is 54.3. The molecule has 0 unspecified atom stereocenters. The second-order valence-electron chi connectivity index (χ2n) is 23.3. The summed E-state index contributed by atoms with van der Waals surface area (Å²) in [5.41, 5.74) is 16.1. The summed E-state index contributed by atoms with van der Waals surface area (Å²) in [6.07, 6.45) is 18.9. The predicted molar refractivity (Wildman–Crippen MR) is 421 cm³/mol. The summed E-state index contributed by atoms with van der Waals surface area (Å²) in [5.74, 6) is 1.28. The first kappa shape index (κ1) is 68.5. The lowest BCUT2D eigenvalue weighted by molar-refractivity contribution is -0.676. The zero-order chi connectivity index (χ0) is 65.3. The van der Waals surface area contributed by atoms with Gasteiger partial charge in [0.05, 0.1) is 69.9 Å². The van der Waals surface area contributed by atoms with Crippen molar-refractivity contribution in [2.75, 3.05) is 0 Å². The van der Waals surface area contributed by atoms with Crippen LogP contribution in [0.15, 0.2) is 214 Å². The minimum Gasteiger partial charge on any atom is -0.320 e. The predicted octanol–water partition coefficient (Wildman–Crippen LogP) is 19.6. The van der Waals surface area contributed by atoms with Crippen LogP contribution in [0.2, 0.25) is 0 Å². The molecule has 0 radical (unpaired) electrons. The minimum absolute atomic E-state index is 0. The maximum absolute atomic E-state index is 4.48. The van der Waals surface area contributed by atoms with Crippen LogP contribution >= 0.6 is 79.4 Å². The Balaban J connectivity index is 0.000000108. The Labute approximate surface area is 596 Å². The van der Waals surface area contributed by atoms with Gasteiger partial charge in [-0.15, -0.1) is 34.0 Å². The maximum atomic E-state index is 4.48. The highest BCUT2D eigenvalue weighted by atomic mass is 32.1. The number of aryl methyl sites for hydroxylation is 11. The molecule has 0 aliphatic carbocycles. The number of hydrogen-bond acceptors (Lipinski definition) is 10. The molecule has 18 heterocycles. The normalized spacial score (nSPS) is 11.2. The van der Waals surface area contributed by atoms with Crippen molar-refractivity contribution < 1.29 is 18.1 Å². The number of nitrogens with zero attached hydrogens (tertiary/aromatic N) is 14. The molecule has 21 aromatic rings. The summed E-state index contributed by atoms with van der Waals surface area (Å²) >= 11 is 12.7. The lowest BCUT2D eigenvalue weighted by Gasteiger charge is -1.91. The monoisotopic (exact) mass is 1420 g/mol. The van der Waals surface area contributed by atoms with Crippen molar-refractivity contribution in [2.24, 2.45) is 28.2 Å². The number of hydrogen-bond donors (Lipinski definition) is 0. The van der Waals surface area contributed by atoms with Gasteiger partial charge in [-0.25, -0.2) is 24.1 Å². The van der Waals surface area contributed by atoms with E-state index in [-0.39, 0.29) is 22.3 Å². The van der Waals surface area contributed by atoms with Crippen LogP contribution in [-0.2, 0) is 28.2 Å². The highest BCUT2D eigenvalue weighted by Gasteiger charge is 2.21. The van der Waals surface area contributed by atoms with Crippen molar-refractivity contribution >= 4 is 188 Å². The van der Waals surface area contributed by atoms with E-state index in [4.69, 9.17) is 0 Å². The Morgan fingerprint density at radius 2 is 1.05 bits per heavy atom. The average molecular weight is 1430 g/mol. The summed E-state index contributed by atoms with van der Waals surface area (Å²) in [5, 5.41) is 4.95. The Bertz CT molecular complexity index is 6010. The van der Waals surface area contributed by atoms with Crippen molar-refractivity contribution in [3.05, 3.63) is 251 Å². The summed E-state index contributed by atoms with van der Waals surface area (Å²) < 4.78 is 32.2. The number of imidazole rings is 3. The Morgan fingerprint density at radius 1 is 0.449 bits per heavy atom. The quantitative estimate of drug-likeness (QED) is 0.142. The number of thiazole rings is 7. The molecule has 21 heteroatoms. The van der Waals surface area contributed by atoms with Crippen molar-refractivity contribution in [1.29, 1.82) is 0 Å². The molecule has 0 bridgehead atoms. The van der Waals surface area contributed by atoms with E-state index in [1.54, 1.807) is 34.0 Å². The molecule has 0 atom stereocenters. The van der Waals surface area contributed by atoms with Crippen molar-refractivity contribution in [1.82, 2.24) is 45.9 Å². The number of rotatable bonds is 0. The topological polar surface area (TPSA) is 85.8 Å². The Morgan fingerprint density at radius 3 is 1.81 bits per heavy atom. The van der Waals surface area contributed by atoms with Gasteiger partial charge in [0.25, 0.3) is 5.82 Å². The second-order valence-corrected chi connectivity index (χ2v) is 31.3.